The lowest BCUT2D eigenvalue weighted by Gasteiger charge is -1.99. The quantitative estimate of drug-likeness (QED) is 0.528. The second-order valence-electron chi connectivity index (χ2n) is 4.75. The predicted molar refractivity (Wildman–Crippen MR) is 81.2 cm³/mol. The summed E-state index contributed by atoms with van der Waals surface area (Å²) in [4.78, 5) is 20.3. The molecule has 0 saturated heterocycles. The van der Waals surface area contributed by atoms with Crippen LogP contribution in [-0.2, 0) is 0 Å². The number of aromatic nitrogens is 2. The molecule has 0 spiro atoms. The number of oxazole rings is 1. The first-order valence-corrected chi connectivity index (χ1v) is 6.71. The summed E-state index contributed by atoms with van der Waals surface area (Å²) in [6.07, 6.45) is 4.84. The van der Waals surface area contributed by atoms with Crippen molar-refractivity contribution in [1.82, 2.24) is 9.97 Å². The number of rotatable bonds is 2. The molecule has 0 atom stereocenters. The lowest BCUT2D eigenvalue weighted by molar-refractivity contribution is 0.550. The van der Waals surface area contributed by atoms with Crippen LogP contribution < -0.4 is 5.63 Å². The molecule has 5 nitrogen and oxygen atoms in total. The minimum Gasteiger partial charge on any atom is -0.436 e. The third kappa shape index (κ3) is 2.09. The number of hydrogen-bond acceptors (Lipinski definition) is 5. The topological polar surface area (TPSA) is 69.1 Å². The largest absolute Gasteiger partial charge is 0.436 e. The van der Waals surface area contributed by atoms with Crippen LogP contribution in [0, 0.1) is 0 Å². The van der Waals surface area contributed by atoms with E-state index in [2.05, 4.69) is 9.97 Å². The van der Waals surface area contributed by atoms with E-state index in [0.717, 1.165) is 10.9 Å². The van der Waals surface area contributed by atoms with E-state index < -0.39 is 5.63 Å². The van der Waals surface area contributed by atoms with Crippen molar-refractivity contribution < 1.29 is 8.83 Å². The van der Waals surface area contributed by atoms with Gasteiger partial charge in [-0.25, -0.2) is 9.78 Å². The van der Waals surface area contributed by atoms with Gasteiger partial charge in [0.2, 0.25) is 5.89 Å². The third-order valence-electron chi connectivity index (χ3n) is 3.34. The molecule has 0 aliphatic heterocycles. The Kier molecular flexibility index (Phi) is 2.83. The van der Waals surface area contributed by atoms with Gasteiger partial charge in [-0.2, -0.15) is 0 Å². The number of pyridine rings is 1. The summed E-state index contributed by atoms with van der Waals surface area (Å²) in [6, 6.07) is 12.7. The zero-order valence-electron chi connectivity index (χ0n) is 11.4. The molecule has 0 unspecified atom stereocenters. The van der Waals surface area contributed by atoms with E-state index in [1.807, 2.05) is 18.2 Å². The molecule has 4 rings (SSSR count). The lowest BCUT2D eigenvalue weighted by atomic mass is 10.1. The van der Waals surface area contributed by atoms with Gasteiger partial charge in [-0.3, -0.25) is 4.98 Å². The van der Waals surface area contributed by atoms with E-state index >= 15 is 0 Å². The summed E-state index contributed by atoms with van der Waals surface area (Å²) in [7, 11) is 0. The molecular weight excluding hydrogens is 280 g/mol. The second-order valence-corrected chi connectivity index (χ2v) is 4.75. The highest BCUT2D eigenvalue weighted by Gasteiger charge is 2.13. The summed E-state index contributed by atoms with van der Waals surface area (Å²) < 4.78 is 11.0. The minimum atomic E-state index is -0.448. The molecular formula is C17H10N2O3. The van der Waals surface area contributed by atoms with Crippen LogP contribution in [-0.4, -0.2) is 9.97 Å². The van der Waals surface area contributed by atoms with Gasteiger partial charge < -0.3 is 8.83 Å². The third-order valence-corrected chi connectivity index (χ3v) is 3.34. The van der Waals surface area contributed by atoms with Crippen molar-refractivity contribution in [2.24, 2.45) is 0 Å². The molecule has 0 radical (unpaired) electrons. The van der Waals surface area contributed by atoms with Crippen LogP contribution in [0.15, 0.2) is 74.7 Å². The molecule has 0 bridgehead atoms. The van der Waals surface area contributed by atoms with Gasteiger partial charge in [0.1, 0.15) is 11.1 Å². The molecule has 1 aromatic carbocycles. The van der Waals surface area contributed by atoms with Crippen LogP contribution in [0.25, 0.3) is 33.7 Å². The van der Waals surface area contributed by atoms with Gasteiger partial charge in [-0.1, -0.05) is 18.2 Å². The smallest absolute Gasteiger partial charge is 0.347 e. The first-order chi connectivity index (χ1) is 10.8. The van der Waals surface area contributed by atoms with Crippen molar-refractivity contribution in [2.75, 3.05) is 0 Å². The van der Waals surface area contributed by atoms with E-state index in [4.69, 9.17) is 8.83 Å². The highest BCUT2D eigenvalue weighted by Crippen LogP contribution is 2.25. The fourth-order valence-electron chi connectivity index (χ4n) is 2.26. The summed E-state index contributed by atoms with van der Waals surface area (Å²) in [5, 5.41) is 0.832. The van der Waals surface area contributed by atoms with Crippen LogP contribution in [0.1, 0.15) is 0 Å². The molecule has 5 heteroatoms. The van der Waals surface area contributed by atoms with Gasteiger partial charge >= 0.3 is 5.63 Å². The standard InChI is InChI=1S/C17H10N2O3/c20-17-13(9-12-3-1-2-4-14(12)22-17)15-10-19-16(21-15)11-5-7-18-8-6-11/h1-10H. The van der Waals surface area contributed by atoms with Crippen molar-refractivity contribution in [3.63, 3.8) is 0 Å². The van der Waals surface area contributed by atoms with Crippen molar-refractivity contribution in [3.05, 3.63) is 71.5 Å². The van der Waals surface area contributed by atoms with Crippen LogP contribution >= 0.6 is 0 Å². The Hall–Kier alpha value is -3.21. The zero-order valence-corrected chi connectivity index (χ0v) is 11.4. The van der Waals surface area contributed by atoms with E-state index in [1.165, 1.54) is 6.20 Å². The summed E-state index contributed by atoms with van der Waals surface area (Å²) in [5.74, 6) is 0.816. The van der Waals surface area contributed by atoms with E-state index in [9.17, 15) is 4.79 Å². The molecule has 4 aromatic rings. The Morgan fingerprint density at radius 3 is 2.64 bits per heavy atom. The Morgan fingerprint density at radius 1 is 0.955 bits per heavy atom. The Balaban J connectivity index is 1.84. The first-order valence-electron chi connectivity index (χ1n) is 6.71. The Labute approximate surface area is 124 Å². The second kappa shape index (κ2) is 4.96. The lowest BCUT2D eigenvalue weighted by Crippen LogP contribution is -2.01. The SMILES string of the molecule is O=c1oc2ccccc2cc1-c1cnc(-c2ccncc2)o1. The van der Waals surface area contributed by atoms with Gasteiger partial charge in [0.15, 0.2) is 5.76 Å². The van der Waals surface area contributed by atoms with Crippen molar-refractivity contribution in [3.8, 4) is 22.8 Å². The molecule has 22 heavy (non-hydrogen) atoms. The maximum Gasteiger partial charge on any atom is 0.347 e. The van der Waals surface area contributed by atoms with Gasteiger partial charge in [0, 0.05) is 23.3 Å². The van der Waals surface area contributed by atoms with Crippen molar-refractivity contribution >= 4 is 11.0 Å². The average molecular weight is 290 g/mol. The summed E-state index contributed by atoms with van der Waals surface area (Å²) in [5.41, 5.74) is 1.25. The van der Waals surface area contributed by atoms with Gasteiger partial charge in [-0.15, -0.1) is 0 Å². The fraction of sp³-hybridized carbons (Fsp3) is 0. The Bertz CT molecular complexity index is 1000. The molecule has 0 N–H and O–H groups in total. The molecule has 3 heterocycles. The Morgan fingerprint density at radius 2 is 1.77 bits per heavy atom. The molecule has 0 saturated carbocycles. The van der Waals surface area contributed by atoms with Crippen LogP contribution in [0.3, 0.4) is 0 Å². The number of fused-ring (bicyclic) bond motifs is 1. The normalized spacial score (nSPS) is 10.9. The number of hydrogen-bond donors (Lipinski definition) is 0. The number of benzene rings is 1. The molecule has 3 aromatic heterocycles. The average Bonchev–Trinajstić information content (AvgIpc) is 3.05. The maximum absolute atomic E-state index is 12.1. The van der Waals surface area contributed by atoms with Crippen LogP contribution in [0.5, 0.6) is 0 Å². The molecule has 0 aliphatic carbocycles. The summed E-state index contributed by atoms with van der Waals surface area (Å²) in [6.45, 7) is 0. The van der Waals surface area contributed by atoms with Gasteiger partial charge in [-0.05, 0) is 24.3 Å². The van der Waals surface area contributed by atoms with E-state index in [-0.39, 0.29) is 0 Å². The fourth-order valence-corrected chi connectivity index (χ4v) is 2.26. The van der Waals surface area contributed by atoms with E-state index in [1.54, 1.807) is 36.7 Å². The van der Waals surface area contributed by atoms with Crippen LogP contribution in [0.2, 0.25) is 0 Å². The summed E-state index contributed by atoms with van der Waals surface area (Å²) >= 11 is 0. The highest BCUT2D eigenvalue weighted by molar-refractivity contribution is 5.80. The highest BCUT2D eigenvalue weighted by atomic mass is 16.4. The van der Waals surface area contributed by atoms with Crippen molar-refractivity contribution in [2.45, 2.75) is 0 Å². The maximum atomic E-state index is 12.1. The van der Waals surface area contributed by atoms with Gasteiger partial charge in [0.25, 0.3) is 0 Å². The molecule has 0 fully saturated rings. The monoisotopic (exact) mass is 290 g/mol. The zero-order chi connectivity index (χ0) is 14.9. The molecule has 0 aliphatic rings. The van der Waals surface area contributed by atoms with Gasteiger partial charge in [0.05, 0.1) is 6.20 Å². The van der Waals surface area contributed by atoms with Crippen molar-refractivity contribution in [1.29, 1.82) is 0 Å². The predicted octanol–water partition coefficient (Wildman–Crippen LogP) is 3.51. The number of nitrogens with zero attached hydrogens (tertiary/aromatic N) is 2. The number of para-hydroxylation sites is 1. The van der Waals surface area contributed by atoms with E-state index in [0.29, 0.717) is 22.8 Å². The molecule has 0 amide bonds. The first kappa shape index (κ1) is 12.5. The molecule has 106 valence electrons. The minimum absolute atomic E-state index is 0.353. The van der Waals surface area contributed by atoms with Crippen LogP contribution in [0.4, 0.5) is 0 Å².